The molecule has 3 heterocycles. The van der Waals surface area contributed by atoms with Gasteiger partial charge in [-0.25, -0.2) is 4.98 Å². The van der Waals surface area contributed by atoms with E-state index < -0.39 is 6.61 Å². The normalized spacial score (nSPS) is 12.2. The Labute approximate surface area is 176 Å². The summed E-state index contributed by atoms with van der Waals surface area (Å²) < 4.78 is 30.5. The van der Waals surface area contributed by atoms with E-state index in [2.05, 4.69) is 35.4 Å². The van der Waals surface area contributed by atoms with Crippen LogP contribution in [-0.2, 0) is 7.05 Å². The van der Waals surface area contributed by atoms with Crippen LogP contribution in [0.15, 0.2) is 54.9 Å². The zero-order chi connectivity index (χ0) is 21.8. The van der Waals surface area contributed by atoms with Gasteiger partial charge in [0.15, 0.2) is 5.65 Å². The highest BCUT2D eigenvalue weighted by molar-refractivity contribution is 5.89. The lowest BCUT2D eigenvalue weighted by Crippen LogP contribution is -2.21. The van der Waals surface area contributed by atoms with E-state index in [9.17, 15) is 8.78 Å². The minimum absolute atomic E-state index is 0.174. The van der Waals surface area contributed by atoms with Crippen LogP contribution in [0.25, 0.3) is 11.0 Å². The van der Waals surface area contributed by atoms with Crippen molar-refractivity contribution >= 4 is 28.5 Å². The van der Waals surface area contributed by atoms with Crippen molar-refractivity contribution in [1.82, 2.24) is 24.7 Å². The molecule has 1 unspecified atom stereocenters. The van der Waals surface area contributed by atoms with Crippen LogP contribution in [0.2, 0.25) is 0 Å². The van der Waals surface area contributed by atoms with Gasteiger partial charge in [0.25, 0.3) is 0 Å². The summed E-state index contributed by atoms with van der Waals surface area (Å²) in [6, 6.07) is 12.4. The van der Waals surface area contributed by atoms with Crippen molar-refractivity contribution in [3.05, 3.63) is 60.4 Å². The summed E-state index contributed by atoms with van der Waals surface area (Å²) in [5.41, 5.74) is 8.39. The molecule has 4 N–H and O–H groups in total. The van der Waals surface area contributed by atoms with Gasteiger partial charge < -0.3 is 21.1 Å². The molecule has 0 aliphatic carbocycles. The van der Waals surface area contributed by atoms with Crippen LogP contribution in [0.5, 0.6) is 5.88 Å². The molecule has 160 valence electrons. The van der Waals surface area contributed by atoms with E-state index in [1.165, 1.54) is 12.3 Å². The number of nitrogens with one attached hydrogen (secondary N) is 2. The van der Waals surface area contributed by atoms with Crippen LogP contribution in [0.3, 0.4) is 0 Å². The number of aryl methyl sites for hydroxylation is 1. The van der Waals surface area contributed by atoms with Crippen LogP contribution in [0.4, 0.5) is 26.2 Å². The van der Waals surface area contributed by atoms with E-state index >= 15 is 0 Å². The van der Waals surface area contributed by atoms with E-state index in [0.29, 0.717) is 35.0 Å². The first kappa shape index (κ1) is 20.4. The molecule has 9 nitrogen and oxygen atoms in total. The second kappa shape index (κ2) is 8.88. The summed E-state index contributed by atoms with van der Waals surface area (Å²) in [6.07, 6.45) is 3.01. The maximum Gasteiger partial charge on any atom is 0.388 e. The van der Waals surface area contributed by atoms with Crippen LogP contribution < -0.4 is 21.1 Å². The largest absolute Gasteiger partial charge is 0.417 e. The molecule has 4 aromatic rings. The standard InChI is InChI=1S/C20H20F2N8O/c1-30-18-14(10-26-30)17(27-13-7-8-16(24-9-13)31-19(21)22)28-20(29-18)25-11-15(23)12-5-3-2-4-6-12/h2-10,15,19H,11,23H2,1H3,(H2,25,27,28,29). The first-order valence-electron chi connectivity index (χ1n) is 9.41. The first-order chi connectivity index (χ1) is 15.0. The van der Waals surface area contributed by atoms with E-state index in [0.717, 1.165) is 5.56 Å². The average molecular weight is 426 g/mol. The lowest BCUT2D eigenvalue weighted by atomic mass is 10.1. The smallest absolute Gasteiger partial charge is 0.388 e. The van der Waals surface area contributed by atoms with Gasteiger partial charge in [-0.1, -0.05) is 30.3 Å². The summed E-state index contributed by atoms with van der Waals surface area (Å²) in [5, 5.41) is 11.2. The van der Waals surface area contributed by atoms with Gasteiger partial charge in [-0.2, -0.15) is 23.8 Å². The highest BCUT2D eigenvalue weighted by Gasteiger charge is 2.14. The number of alkyl halides is 2. The molecule has 1 aromatic carbocycles. The molecule has 1 atom stereocenters. The van der Waals surface area contributed by atoms with Gasteiger partial charge in [-0.05, 0) is 11.6 Å². The molecule has 0 spiro atoms. The van der Waals surface area contributed by atoms with Gasteiger partial charge in [0, 0.05) is 25.7 Å². The van der Waals surface area contributed by atoms with E-state index in [1.54, 1.807) is 24.0 Å². The number of benzene rings is 1. The summed E-state index contributed by atoms with van der Waals surface area (Å²) in [4.78, 5) is 12.9. The number of anilines is 3. The SMILES string of the molecule is Cn1ncc2c(Nc3ccc(OC(F)F)nc3)nc(NCC(N)c3ccccc3)nc21. The molecule has 0 amide bonds. The first-order valence-corrected chi connectivity index (χ1v) is 9.41. The number of halogens is 2. The predicted molar refractivity (Wildman–Crippen MR) is 112 cm³/mol. The molecule has 0 saturated heterocycles. The number of nitrogens with two attached hydrogens (primary N) is 1. The van der Waals surface area contributed by atoms with Crippen molar-refractivity contribution in [2.45, 2.75) is 12.7 Å². The maximum atomic E-state index is 12.3. The lowest BCUT2D eigenvalue weighted by Gasteiger charge is -2.14. The van der Waals surface area contributed by atoms with Gasteiger partial charge >= 0.3 is 6.61 Å². The minimum Gasteiger partial charge on any atom is -0.417 e. The lowest BCUT2D eigenvalue weighted by molar-refractivity contribution is -0.0528. The summed E-state index contributed by atoms with van der Waals surface area (Å²) in [6.45, 7) is -2.51. The zero-order valence-corrected chi connectivity index (χ0v) is 16.5. The highest BCUT2D eigenvalue weighted by atomic mass is 19.3. The summed E-state index contributed by atoms with van der Waals surface area (Å²) in [5.74, 6) is 0.681. The second-order valence-electron chi connectivity index (χ2n) is 6.69. The third-order valence-corrected chi connectivity index (χ3v) is 4.51. The Morgan fingerprint density at radius 1 is 1.10 bits per heavy atom. The van der Waals surface area contributed by atoms with Gasteiger partial charge in [0.05, 0.1) is 23.5 Å². The number of aromatic nitrogens is 5. The number of hydrogen-bond acceptors (Lipinski definition) is 8. The molecule has 0 radical (unpaired) electrons. The maximum absolute atomic E-state index is 12.3. The third kappa shape index (κ3) is 4.83. The molecular formula is C20H20F2N8O. The average Bonchev–Trinajstić information content (AvgIpc) is 3.15. The van der Waals surface area contributed by atoms with Gasteiger partial charge in [-0.3, -0.25) is 4.68 Å². The summed E-state index contributed by atoms with van der Waals surface area (Å²) in [7, 11) is 1.77. The highest BCUT2D eigenvalue weighted by Crippen LogP contribution is 2.25. The Bertz CT molecular complexity index is 1150. The Balaban J connectivity index is 1.55. The predicted octanol–water partition coefficient (Wildman–Crippen LogP) is 3.22. The van der Waals surface area contributed by atoms with Crippen molar-refractivity contribution in [3.63, 3.8) is 0 Å². The van der Waals surface area contributed by atoms with Crippen molar-refractivity contribution in [2.75, 3.05) is 17.2 Å². The van der Waals surface area contributed by atoms with E-state index in [-0.39, 0.29) is 11.9 Å². The second-order valence-corrected chi connectivity index (χ2v) is 6.69. The number of nitrogens with zero attached hydrogens (tertiary/aromatic N) is 5. The number of pyridine rings is 1. The van der Waals surface area contributed by atoms with Gasteiger partial charge in [-0.15, -0.1) is 0 Å². The van der Waals surface area contributed by atoms with Crippen LogP contribution in [0, 0.1) is 0 Å². The Kier molecular flexibility index (Phi) is 5.85. The van der Waals surface area contributed by atoms with Gasteiger partial charge in [0.1, 0.15) is 5.82 Å². The molecule has 0 saturated carbocycles. The number of hydrogen-bond donors (Lipinski definition) is 3. The van der Waals surface area contributed by atoms with Crippen LogP contribution in [0.1, 0.15) is 11.6 Å². The topological polar surface area (TPSA) is 116 Å². The summed E-state index contributed by atoms with van der Waals surface area (Å²) >= 11 is 0. The molecule has 3 aromatic heterocycles. The molecule has 4 rings (SSSR count). The Hall–Kier alpha value is -3.86. The number of rotatable bonds is 8. The molecule has 0 aliphatic rings. The molecule has 0 bridgehead atoms. The zero-order valence-electron chi connectivity index (χ0n) is 16.5. The van der Waals surface area contributed by atoms with E-state index in [4.69, 9.17) is 5.73 Å². The number of ether oxygens (including phenoxy) is 1. The third-order valence-electron chi connectivity index (χ3n) is 4.51. The Morgan fingerprint density at radius 3 is 2.61 bits per heavy atom. The quantitative estimate of drug-likeness (QED) is 0.393. The fraction of sp³-hybridized carbons (Fsp3) is 0.200. The van der Waals surface area contributed by atoms with Crippen molar-refractivity contribution in [1.29, 1.82) is 0 Å². The Morgan fingerprint density at radius 2 is 1.90 bits per heavy atom. The molecule has 0 aliphatic heterocycles. The number of fused-ring (bicyclic) bond motifs is 1. The fourth-order valence-electron chi connectivity index (χ4n) is 2.97. The van der Waals surface area contributed by atoms with Crippen LogP contribution in [-0.4, -0.2) is 37.9 Å². The van der Waals surface area contributed by atoms with Crippen LogP contribution >= 0.6 is 0 Å². The molecule has 0 fully saturated rings. The monoisotopic (exact) mass is 426 g/mol. The van der Waals surface area contributed by atoms with E-state index in [1.807, 2.05) is 30.3 Å². The molecule has 31 heavy (non-hydrogen) atoms. The van der Waals surface area contributed by atoms with Crippen molar-refractivity contribution < 1.29 is 13.5 Å². The fourth-order valence-corrected chi connectivity index (χ4v) is 2.97. The van der Waals surface area contributed by atoms with Crippen molar-refractivity contribution in [2.24, 2.45) is 12.8 Å². The molecular weight excluding hydrogens is 406 g/mol. The van der Waals surface area contributed by atoms with Gasteiger partial charge in [0.2, 0.25) is 11.8 Å². The van der Waals surface area contributed by atoms with Crippen molar-refractivity contribution in [3.8, 4) is 5.88 Å². The minimum atomic E-state index is -2.93. The molecule has 11 heteroatoms.